The molecule has 5 nitrogen and oxygen atoms in total. The number of hydrogen-bond acceptors (Lipinski definition) is 4. The summed E-state index contributed by atoms with van der Waals surface area (Å²) in [5.74, 6) is -0.361. The summed E-state index contributed by atoms with van der Waals surface area (Å²) >= 11 is 1.28. The number of rotatable bonds is 6. The van der Waals surface area contributed by atoms with Gasteiger partial charge in [0.15, 0.2) is 0 Å². The van der Waals surface area contributed by atoms with Gasteiger partial charge in [-0.1, -0.05) is 6.08 Å². The van der Waals surface area contributed by atoms with Crippen molar-refractivity contribution < 1.29 is 9.90 Å². The summed E-state index contributed by atoms with van der Waals surface area (Å²) < 4.78 is 0. The number of unbranched alkanes of at least 4 members (excludes halogenated alkanes) is 1. The third-order valence-electron chi connectivity index (χ3n) is 2.09. The fraction of sp³-hybridized carbons (Fsp3) is 0.364. The van der Waals surface area contributed by atoms with E-state index in [1.165, 1.54) is 11.8 Å². The van der Waals surface area contributed by atoms with Crippen molar-refractivity contribution in [2.45, 2.75) is 24.8 Å². The monoisotopic (exact) mass is 254 g/mol. The normalized spacial score (nSPS) is 10.2. The minimum atomic E-state index is -1.07. The average molecular weight is 254 g/mol. The molecule has 1 rings (SSSR count). The Kier molecular flexibility index (Phi) is 4.96. The molecular formula is C11H14N2O3S. The van der Waals surface area contributed by atoms with E-state index in [0.29, 0.717) is 11.4 Å². The summed E-state index contributed by atoms with van der Waals surface area (Å²) in [6, 6.07) is 0. The number of carboxylic acid groups (broad SMARTS) is 1. The van der Waals surface area contributed by atoms with Crippen LogP contribution in [0.4, 0.5) is 0 Å². The number of hydrogen-bond donors (Lipinski definition) is 2. The molecule has 0 bridgehead atoms. The number of aromatic amines is 1. The Morgan fingerprint density at radius 1 is 1.65 bits per heavy atom. The number of thioether (sulfide) groups is 1. The lowest BCUT2D eigenvalue weighted by Crippen LogP contribution is -2.18. The molecule has 0 saturated heterocycles. The van der Waals surface area contributed by atoms with Crippen LogP contribution in [0.3, 0.4) is 0 Å². The van der Waals surface area contributed by atoms with E-state index in [4.69, 9.17) is 5.11 Å². The van der Waals surface area contributed by atoms with E-state index in [2.05, 4.69) is 16.5 Å². The van der Waals surface area contributed by atoms with Crippen LogP contribution < -0.4 is 5.69 Å². The number of H-pyrrole nitrogens is 1. The van der Waals surface area contributed by atoms with Gasteiger partial charge in [0.1, 0.15) is 10.6 Å². The Morgan fingerprint density at radius 3 is 2.94 bits per heavy atom. The van der Waals surface area contributed by atoms with E-state index >= 15 is 0 Å². The lowest BCUT2D eigenvalue weighted by molar-refractivity contribution is 0.0690. The molecule has 17 heavy (non-hydrogen) atoms. The Bertz CT molecular complexity index is 482. The van der Waals surface area contributed by atoms with Crippen molar-refractivity contribution >= 4 is 17.7 Å². The maximum absolute atomic E-state index is 11.2. The number of nitrogens with zero attached hydrogens (tertiary/aromatic N) is 1. The lowest BCUT2D eigenvalue weighted by Gasteiger charge is -2.06. The summed E-state index contributed by atoms with van der Waals surface area (Å²) in [6.07, 6.45) is 3.54. The number of carboxylic acids is 1. The molecule has 1 heterocycles. The van der Waals surface area contributed by atoms with Gasteiger partial charge >= 0.3 is 11.7 Å². The van der Waals surface area contributed by atoms with Gasteiger partial charge in [-0.05, 0) is 25.5 Å². The van der Waals surface area contributed by atoms with Crippen LogP contribution in [0.1, 0.15) is 28.9 Å². The average Bonchev–Trinajstić information content (AvgIpc) is 2.22. The van der Waals surface area contributed by atoms with E-state index < -0.39 is 11.7 Å². The molecule has 0 saturated carbocycles. The molecule has 92 valence electrons. The molecular weight excluding hydrogens is 240 g/mol. The summed E-state index contributed by atoms with van der Waals surface area (Å²) in [5, 5.41) is 9.33. The second-order valence-corrected chi connectivity index (χ2v) is 4.52. The van der Waals surface area contributed by atoms with Crippen LogP contribution in [0.2, 0.25) is 0 Å². The topological polar surface area (TPSA) is 83.0 Å². The second-order valence-electron chi connectivity index (χ2n) is 3.43. The standard InChI is InChI=1S/C11H14N2O3S/c1-3-4-5-6-17-9-8(10(14)15)7(2)12-11(16)13-9/h3H,1,4-6H2,2H3,(H,14,15)(H,12,13,16). The molecule has 0 atom stereocenters. The van der Waals surface area contributed by atoms with Crippen molar-refractivity contribution in [3.63, 3.8) is 0 Å². The van der Waals surface area contributed by atoms with E-state index in [1.54, 1.807) is 13.0 Å². The van der Waals surface area contributed by atoms with Gasteiger partial charge in [0, 0.05) is 5.69 Å². The van der Waals surface area contributed by atoms with Gasteiger partial charge in [-0.2, -0.15) is 4.98 Å². The van der Waals surface area contributed by atoms with Gasteiger partial charge in [0.2, 0.25) is 0 Å². The van der Waals surface area contributed by atoms with Crippen LogP contribution in [0.15, 0.2) is 22.5 Å². The molecule has 6 heteroatoms. The van der Waals surface area contributed by atoms with Crippen LogP contribution in [-0.4, -0.2) is 26.8 Å². The number of aromatic nitrogens is 2. The minimum Gasteiger partial charge on any atom is -0.478 e. The van der Waals surface area contributed by atoms with E-state index in [1.807, 2.05) is 0 Å². The quantitative estimate of drug-likeness (QED) is 0.350. The number of aromatic carboxylic acids is 1. The highest BCUT2D eigenvalue weighted by molar-refractivity contribution is 7.99. The number of nitrogens with one attached hydrogen (secondary N) is 1. The van der Waals surface area contributed by atoms with E-state index in [0.717, 1.165) is 12.8 Å². The summed E-state index contributed by atoms with van der Waals surface area (Å²) in [7, 11) is 0. The smallest absolute Gasteiger partial charge is 0.346 e. The first-order valence-electron chi connectivity index (χ1n) is 5.14. The van der Waals surface area contributed by atoms with Crippen LogP contribution in [0, 0.1) is 6.92 Å². The van der Waals surface area contributed by atoms with Gasteiger partial charge in [-0.25, -0.2) is 9.59 Å². The Morgan fingerprint density at radius 2 is 2.35 bits per heavy atom. The van der Waals surface area contributed by atoms with Gasteiger partial charge in [-0.15, -0.1) is 18.3 Å². The third-order valence-corrected chi connectivity index (χ3v) is 3.15. The molecule has 0 fully saturated rings. The summed E-state index contributed by atoms with van der Waals surface area (Å²) in [4.78, 5) is 28.3. The van der Waals surface area contributed by atoms with Crippen molar-refractivity contribution in [1.82, 2.24) is 9.97 Å². The van der Waals surface area contributed by atoms with Crippen molar-refractivity contribution in [3.05, 3.63) is 34.4 Å². The zero-order valence-electron chi connectivity index (χ0n) is 9.52. The number of aryl methyl sites for hydroxylation is 1. The fourth-order valence-corrected chi connectivity index (χ4v) is 2.35. The molecule has 0 aliphatic carbocycles. The SMILES string of the molecule is C=CCCCSc1nc(=O)[nH]c(C)c1C(=O)O. The maximum atomic E-state index is 11.2. The highest BCUT2D eigenvalue weighted by atomic mass is 32.2. The van der Waals surface area contributed by atoms with Crippen molar-refractivity contribution in [2.75, 3.05) is 5.75 Å². The van der Waals surface area contributed by atoms with Crippen LogP contribution in [0.5, 0.6) is 0 Å². The van der Waals surface area contributed by atoms with Gasteiger partial charge < -0.3 is 10.1 Å². The molecule has 1 aromatic rings. The fourth-order valence-electron chi connectivity index (χ4n) is 1.31. The Balaban J connectivity index is 2.92. The van der Waals surface area contributed by atoms with Gasteiger partial charge in [-0.3, -0.25) is 0 Å². The molecule has 1 aromatic heterocycles. The lowest BCUT2D eigenvalue weighted by atomic mass is 10.2. The second kappa shape index (κ2) is 6.24. The maximum Gasteiger partial charge on any atom is 0.346 e. The predicted octanol–water partition coefficient (Wildman–Crippen LogP) is 1.83. The van der Waals surface area contributed by atoms with Crippen LogP contribution in [-0.2, 0) is 0 Å². The summed E-state index contributed by atoms with van der Waals surface area (Å²) in [5.41, 5.74) is -0.101. The van der Waals surface area contributed by atoms with Crippen molar-refractivity contribution in [1.29, 1.82) is 0 Å². The molecule has 0 aliphatic rings. The Labute approximate surface area is 103 Å². The van der Waals surface area contributed by atoms with Crippen LogP contribution >= 0.6 is 11.8 Å². The number of carbonyl (C=O) groups is 1. The van der Waals surface area contributed by atoms with Gasteiger partial charge in [0.05, 0.1) is 0 Å². The molecule has 0 unspecified atom stereocenters. The zero-order chi connectivity index (χ0) is 12.8. The molecule has 0 aliphatic heterocycles. The largest absolute Gasteiger partial charge is 0.478 e. The molecule has 0 amide bonds. The third kappa shape index (κ3) is 3.74. The van der Waals surface area contributed by atoms with E-state index in [9.17, 15) is 9.59 Å². The first-order valence-corrected chi connectivity index (χ1v) is 6.12. The van der Waals surface area contributed by atoms with Crippen molar-refractivity contribution in [3.8, 4) is 0 Å². The Hall–Kier alpha value is -1.56. The highest BCUT2D eigenvalue weighted by Gasteiger charge is 2.16. The summed E-state index contributed by atoms with van der Waals surface area (Å²) in [6.45, 7) is 5.16. The highest BCUT2D eigenvalue weighted by Crippen LogP contribution is 2.21. The molecule has 0 spiro atoms. The molecule has 2 N–H and O–H groups in total. The molecule has 0 aromatic carbocycles. The first kappa shape index (κ1) is 13.5. The molecule has 0 radical (unpaired) electrons. The zero-order valence-corrected chi connectivity index (χ0v) is 10.3. The van der Waals surface area contributed by atoms with Gasteiger partial charge in [0.25, 0.3) is 0 Å². The number of allylic oxidation sites excluding steroid dienone is 1. The minimum absolute atomic E-state index is 0.0770. The van der Waals surface area contributed by atoms with E-state index in [-0.39, 0.29) is 10.6 Å². The van der Waals surface area contributed by atoms with Crippen LogP contribution in [0.25, 0.3) is 0 Å². The first-order chi connectivity index (χ1) is 8.06. The predicted molar refractivity (Wildman–Crippen MR) is 66.7 cm³/mol. The van der Waals surface area contributed by atoms with Crippen molar-refractivity contribution in [2.24, 2.45) is 0 Å².